The van der Waals surface area contributed by atoms with E-state index in [2.05, 4.69) is 5.32 Å². The molecule has 0 radical (unpaired) electrons. The zero-order valence-corrected chi connectivity index (χ0v) is 14.7. The summed E-state index contributed by atoms with van der Waals surface area (Å²) in [5.74, 6) is -1.11. The molecule has 0 aliphatic heterocycles. The molecule has 1 unspecified atom stereocenters. The van der Waals surface area contributed by atoms with E-state index in [9.17, 15) is 23.9 Å². The zero-order chi connectivity index (χ0) is 19.1. The molecule has 0 fully saturated rings. The molecule has 1 amide bonds. The monoisotopic (exact) mass is 376 g/mol. The molecule has 0 aliphatic rings. The lowest BCUT2D eigenvalue weighted by molar-refractivity contribution is -0.383. The Morgan fingerprint density at radius 2 is 1.92 bits per heavy atom. The highest BCUT2D eigenvalue weighted by molar-refractivity contribution is 7.83. The number of benzene rings is 2. The second-order valence-electron chi connectivity index (χ2n) is 5.32. The third-order valence-electron chi connectivity index (χ3n) is 3.24. The summed E-state index contributed by atoms with van der Waals surface area (Å²) >= 11 is 0. The molecule has 0 aliphatic carbocycles. The van der Waals surface area contributed by atoms with Crippen molar-refractivity contribution in [2.75, 3.05) is 18.2 Å². The van der Waals surface area contributed by atoms with E-state index in [1.165, 1.54) is 30.3 Å². The number of carbonyl (C=O) groups excluding carboxylic acids is 2. The number of nitro benzene ring substituents is 1. The molecule has 9 heteroatoms. The minimum atomic E-state index is -1.05. The summed E-state index contributed by atoms with van der Waals surface area (Å²) in [4.78, 5) is 34.2. The predicted molar refractivity (Wildman–Crippen MR) is 96.2 cm³/mol. The maximum Gasteiger partial charge on any atom is 0.338 e. The summed E-state index contributed by atoms with van der Waals surface area (Å²) in [5, 5.41) is 13.2. The minimum Gasteiger partial charge on any atom is -0.452 e. The van der Waals surface area contributed by atoms with Crippen molar-refractivity contribution in [3.63, 3.8) is 0 Å². The lowest BCUT2D eigenvalue weighted by atomic mass is 10.1. The molecule has 0 spiro atoms. The molecule has 26 heavy (non-hydrogen) atoms. The van der Waals surface area contributed by atoms with E-state index < -0.39 is 34.2 Å². The van der Waals surface area contributed by atoms with Gasteiger partial charge in [0.1, 0.15) is 5.69 Å². The third-order valence-corrected chi connectivity index (χ3v) is 3.98. The van der Waals surface area contributed by atoms with Crippen LogP contribution in [0.25, 0.3) is 0 Å². The zero-order valence-electron chi connectivity index (χ0n) is 13.8. The average Bonchev–Trinajstić information content (AvgIpc) is 2.59. The Hall–Kier alpha value is -3.07. The number of nitrogens with zero attached hydrogens (tertiary/aromatic N) is 1. The Balaban J connectivity index is 1.96. The van der Waals surface area contributed by atoms with Crippen molar-refractivity contribution >= 4 is 34.1 Å². The Labute approximate surface area is 151 Å². The quantitative estimate of drug-likeness (QED) is 0.450. The normalized spacial score (nSPS) is 11.4. The number of nitro groups is 1. The summed E-state index contributed by atoms with van der Waals surface area (Å²) in [6.45, 7) is -0.588. The third kappa shape index (κ3) is 5.49. The number of anilines is 1. The van der Waals surface area contributed by atoms with Gasteiger partial charge in [0.15, 0.2) is 6.61 Å². The highest BCUT2D eigenvalue weighted by Crippen LogP contribution is 2.22. The van der Waals surface area contributed by atoms with Crippen LogP contribution in [0.3, 0.4) is 0 Å². The number of carbonyl (C=O) groups is 2. The molecular weight excluding hydrogens is 360 g/mol. The van der Waals surface area contributed by atoms with E-state index in [4.69, 9.17) is 4.74 Å². The first-order valence-electron chi connectivity index (χ1n) is 7.46. The van der Waals surface area contributed by atoms with Gasteiger partial charge in [-0.3, -0.25) is 19.1 Å². The molecule has 0 saturated carbocycles. The number of ether oxygens (including phenoxy) is 1. The fraction of sp³-hybridized carbons (Fsp3) is 0.176. The van der Waals surface area contributed by atoms with E-state index in [0.717, 1.165) is 0 Å². The molecule has 1 N–H and O–H groups in total. The summed E-state index contributed by atoms with van der Waals surface area (Å²) in [7, 11) is -1.05. The number of nitrogens with one attached hydrogen (secondary N) is 1. The van der Waals surface area contributed by atoms with Crippen molar-refractivity contribution in [3.05, 3.63) is 69.8 Å². The van der Waals surface area contributed by atoms with Crippen LogP contribution < -0.4 is 5.32 Å². The van der Waals surface area contributed by atoms with Gasteiger partial charge >= 0.3 is 5.97 Å². The van der Waals surface area contributed by atoms with Crippen LogP contribution in [0.1, 0.15) is 15.9 Å². The van der Waals surface area contributed by atoms with Gasteiger partial charge in [0.2, 0.25) is 0 Å². The van der Waals surface area contributed by atoms with Crippen LogP contribution in [-0.2, 0) is 26.1 Å². The number of rotatable bonds is 7. The van der Waals surface area contributed by atoms with Crippen molar-refractivity contribution in [2.45, 2.75) is 5.75 Å². The molecule has 0 bridgehead atoms. The van der Waals surface area contributed by atoms with Crippen LogP contribution in [0, 0.1) is 10.1 Å². The van der Waals surface area contributed by atoms with E-state index in [0.29, 0.717) is 11.3 Å². The molecule has 8 nitrogen and oxygen atoms in total. The summed E-state index contributed by atoms with van der Waals surface area (Å²) in [6, 6.07) is 12.1. The summed E-state index contributed by atoms with van der Waals surface area (Å²) in [6.07, 6.45) is 1.55. The van der Waals surface area contributed by atoms with Crippen LogP contribution in [0.2, 0.25) is 0 Å². The molecule has 136 valence electrons. The first-order valence-corrected chi connectivity index (χ1v) is 9.19. The molecule has 0 heterocycles. The summed E-state index contributed by atoms with van der Waals surface area (Å²) < 4.78 is 16.2. The topological polar surface area (TPSA) is 116 Å². The highest BCUT2D eigenvalue weighted by atomic mass is 32.2. The van der Waals surface area contributed by atoms with Gasteiger partial charge in [-0.05, 0) is 23.8 Å². The second-order valence-corrected chi connectivity index (χ2v) is 6.75. The van der Waals surface area contributed by atoms with Crippen molar-refractivity contribution in [2.24, 2.45) is 0 Å². The van der Waals surface area contributed by atoms with Gasteiger partial charge in [-0.15, -0.1) is 0 Å². The van der Waals surface area contributed by atoms with Gasteiger partial charge in [0, 0.05) is 28.9 Å². The van der Waals surface area contributed by atoms with E-state index >= 15 is 0 Å². The van der Waals surface area contributed by atoms with E-state index in [1.54, 1.807) is 24.5 Å². The van der Waals surface area contributed by atoms with Crippen molar-refractivity contribution < 1.29 is 23.5 Å². The van der Waals surface area contributed by atoms with Gasteiger partial charge in [0.25, 0.3) is 11.6 Å². The second kappa shape index (κ2) is 8.86. The van der Waals surface area contributed by atoms with Crippen LogP contribution in [-0.4, -0.2) is 33.9 Å². The largest absolute Gasteiger partial charge is 0.452 e. The molecule has 0 saturated heterocycles. The van der Waals surface area contributed by atoms with Crippen molar-refractivity contribution in [3.8, 4) is 0 Å². The standard InChI is InChI=1S/C17H16N2O6S/c1-26(24)11-12-5-4-6-13(9-12)17(21)25-10-16(20)18-14-7-2-3-8-15(14)19(22)23/h2-9H,10-11H2,1H3,(H,18,20). The van der Waals surface area contributed by atoms with E-state index in [1.807, 2.05) is 0 Å². The van der Waals surface area contributed by atoms with Gasteiger partial charge in [-0.2, -0.15) is 0 Å². The molecule has 2 rings (SSSR count). The Morgan fingerprint density at radius 1 is 1.19 bits per heavy atom. The first kappa shape index (κ1) is 19.3. The molecular formula is C17H16N2O6S. The number of hydrogen-bond acceptors (Lipinski definition) is 6. The van der Waals surface area contributed by atoms with Crippen molar-refractivity contribution in [1.82, 2.24) is 0 Å². The maximum absolute atomic E-state index is 12.0. The van der Waals surface area contributed by atoms with Gasteiger partial charge < -0.3 is 10.1 Å². The minimum absolute atomic E-state index is 0.0194. The predicted octanol–water partition coefficient (Wildman–Crippen LogP) is 2.27. The first-order chi connectivity index (χ1) is 12.4. The SMILES string of the molecule is CS(=O)Cc1cccc(C(=O)OCC(=O)Nc2ccccc2[N+](=O)[O-])c1. The summed E-state index contributed by atoms with van der Waals surface area (Å²) in [5.41, 5.74) is 0.703. The van der Waals surface area contributed by atoms with Gasteiger partial charge in [-0.1, -0.05) is 24.3 Å². The number of hydrogen-bond donors (Lipinski definition) is 1. The molecule has 2 aromatic carbocycles. The molecule has 2 aromatic rings. The van der Waals surface area contributed by atoms with Crippen LogP contribution in [0.5, 0.6) is 0 Å². The van der Waals surface area contributed by atoms with E-state index in [-0.39, 0.29) is 16.9 Å². The Kier molecular flexibility index (Phi) is 6.56. The average molecular weight is 376 g/mol. The van der Waals surface area contributed by atoms with Crippen LogP contribution >= 0.6 is 0 Å². The Bertz CT molecular complexity index is 868. The molecule has 0 aromatic heterocycles. The highest BCUT2D eigenvalue weighted by Gasteiger charge is 2.16. The van der Waals surface area contributed by atoms with Crippen LogP contribution in [0.15, 0.2) is 48.5 Å². The Morgan fingerprint density at radius 3 is 2.62 bits per heavy atom. The van der Waals surface area contributed by atoms with Crippen molar-refractivity contribution in [1.29, 1.82) is 0 Å². The van der Waals surface area contributed by atoms with Gasteiger partial charge in [0.05, 0.1) is 10.5 Å². The molecule has 1 atom stereocenters. The van der Waals surface area contributed by atoms with Gasteiger partial charge in [-0.25, -0.2) is 4.79 Å². The lowest BCUT2D eigenvalue weighted by Gasteiger charge is -2.08. The fourth-order valence-electron chi connectivity index (χ4n) is 2.16. The number of amides is 1. The maximum atomic E-state index is 12.0. The smallest absolute Gasteiger partial charge is 0.338 e. The fourth-order valence-corrected chi connectivity index (χ4v) is 2.81. The van der Waals surface area contributed by atoms with Crippen LogP contribution in [0.4, 0.5) is 11.4 Å². The number of para-hydroxylation sites is 2. The lowest BCUT2D eigenvalue weighted by Crippen LogP contribution is -2.21. The number of esters is 1.